The monoisotopic (exact) mass is 265 g/mol. The van der Waals surface area contributed by atoms with Crippen molar-refractivity contribution >= 4 is 10.0 Å². The Kier molecular flexibility index (Phi) is 5.20. The van der Waals surface area contributed by atoms with Gasteiger partial charge in [0.2, 0.25) is 10.0 Å². The fraction of sp³-hybridized carbons (Fsp3) is 1.00. The predicted molar refractivity (Wildman–Crippen MR) is 71.4 cm³/mol. The summed E-state index contributed by atoms with van der Waals surface area (Å²) in [5.41, 5.74) is -0.248. The fourth-order valence-electron chi connectivity index (χ4n) is 1.69. The predicted octanol–water partition coefficient (Wildman–Crippen LogP) is 1.84. The van der Waals surface area contributed by atoms with E-state index in [1.807, 2.05) is 20.8 Å². The Hall–Kier alpha value is -0.130. The summed E-state index contributed by atoms with van der Waals surface area (Å²) >= 11 is 0. The maximum atomic E-state index is 12.3. The summed E-state index contributed by atoms with van der Waals surface area (Å²) in [6.45, 7) is 10.8. The van der Waals surface area contributed by atoms with Crippen molar-refractivity contribution in [3.63, 3.8) is 0 Å². The third kappa shape index (κ3) is 3.42. The first-order valence-corrected chi connectivity index (χ1v) is 7.44. The van der Waals surface area contributed by atoms with E-state index < -0.39 is 20.8 Å². The molecule has 0 bridgehead atoms. The molecule has 1 atom stereocenters. The standard InChI is InChI=1S/C12H27NO3S/c1-8-12(5,6)10(9-14)13(7)17(15,16)11(2,3)4/h10,14H,8-9H2,1-7H3/t10-/m1/s1. The van der Waals surface area contributed by atoms with Crippen LogP contribution in [0.1, 0.15) is 48.0 Å². The number of likely N-dealkylation sites (N-methyl/N-ethyl adjacent to an activating group) is 1. The van der Waals surface area contributed by atoms with E-state index >= 15 is 0 Å². The molecule has 0 heterocycles. The van der Waals surface area contributed by atoms with Gasteiger partial charge in [-0.05, 0) is 32.6 Å². The molecule has 1 N–H and O–H groups in total. The largest absolute Gasteiger partial charge is 0.395 e. The number of aliphatic hydroxyl groups excluding tert-OH is 1. The van der Waals surface area contributed by atoms with Crippen LogP contribution in [-0.2, 0) is 10.0 Å². The van der Waals surface area contributed by atoms with Crippen LogP contribution in [-0.4, -0.2) is 42.3 Å². The Morgan fingerprint density at radius 2 is 1.59 bits per heavy atom. The third-order valence-corrected chi connectivity index (χ3v) is 6.14. The van der Waals surface area contributed by atoms with Crippen molar-refractivity contribution in [3.8, 4) is 0 Å². The molecule has 0 fully saturated rings. The highest BCUT2D eigenvalue weighted by Gasteiger charge is 2.41. The van der Waals surface area contributed by atoms with Gasteiger partial charge < -0.3 is 5.11 Å². The molecule has 0 radical (unpaired) electrons. The molecule has 5 heteroatoms. The molecule has 0 aromatic rings. The van der Waals surface area contributed by atoms with Crippen molar-refractivity contribution in [2.45, 2.75) is 58.8 Å². The molecular weight excluding hydrogens is 238 g/mol. The SMILES string of the molecule is CCC(C)(C)[C@@H](CO)N(C)S(=O)(=O)C(C)(C)C. The summed E-state index contributed by atoms with van der Waals surface area (Å²) in [5, 5.41) is 9.49. The molecule has 0 unspecified atom stereocenters. The van der Waals surface area contributed by atoms with Crippen LogP contribution in [0, 0.1) is 5.41 Å². The lowest BCUT2D eigenvalue weighted by Crippen LogP contribution is -2.52. The summed E-state index contributed by atoms with van der Waals surface area (Å²) in [5.74, 6) is 0. The van der Waals surface area contributed by atoms with E-state index in [0.717, 1.165) is 6.42 Å². The van der Waals surface area contributed by atoms with Crippen LogP contribution in [0.5, 0.6) is 0 Å². The minimum Gasteiger partial charge on any atom is -0.395 e. The maximum absolute atomic E-state index is 12.3. The molecule has 4 nitrogen and oxygen atoms in total. The normalized spacial score (nSPS) is 16.3. The number of hydrogen-bond donors (Lipinski definition) is 1. The molecule has 0 saturated heterocycles. The van der Waals surface area contributed by atoms with Crippen LogP contribution >= 0.6 is 0 Å². The van der Waals surface area contributed by atoms with Crippen LogP contribution in [0.3, 0.4) is 0 Å². The Bertz CT molecular complexity index is 341. The van der Waals surface area contributed by atoms with Crippen molar-refractivity contribution in [3.05, 3.63) is 0 Å². The molecule has 0 spiro atoms. The van der Waals surface area contributed by atoms with Gasteiger partial charge in [0.05, 0.1) is 17.4 Å². The molecule has 0 aliphatic rings. The average Bonchev–Trinajstić information content (AvgIpc) is 2.16. The average molecular weight is 265 g/mol. The van der Waals surface area contributed by atoms with E-state index in [2.05, 4.69) is 0 Å². The molecule has 17 heavy (non-hydrogen) atoms. The molecule has 0 aromatic heterocycles. The lowest BCUT2D eigenvalue weighted by molar-refractivity contribution is 0.0980. The number of aliphatic hydroxyl groups is 1. The van der Waals surface area contributed by atoms with Gasteiger partial charge >= 0.3 is 0 Å². The van der Waals surface area contributed by atoms with Gasteiger partial charge in [-0.2, -0.15) is 4.31 Å². The van der Waals surface area contributed by atoms with Crippen molar-refractivity contribution < 1.29 is 13.5 Å². The number of hydrogen-bond acceptors (Lipinski definition) is 3. The fourth-order valence-corrected chi connectivity index (χ4v) is 3.24. The minimum atomic E-state index is -3.41. The second-order valence-corrected chi connectivity index (χ2v) is 8.92. The second kappa shape index (κ2) is 5.24. The summed E-state index contributed by atoms with van der Waals surface area (Å²) < 4.78 is 25.1. The smallest absolute Gasteiger partial charge is 0.219 e. The van der Waals surface area contributed by atoms with Gasteiger partial charge in [0.25, 0.3) is 0 Å². The summed E-state index contributed by atoms with van der Waals surface area (Å²) in [6, 6.07) is -0.392. The highest BCUT2D eigenvalue weighted by molar-refractivity contribution is 7.90. The number of sulfonamides is 1. The second-order valence-electron chi connectivity index (χ2n) is 6.17. The highest BCUT2D eigenvalue weighted by atomic mass is 32.2. The van der Waals surface area contributed by atoms with Gasteiger partial charge in [0, 0.05) is 7.05 Å². The quantitative estimate of drug-likeness (QED) is 0.825. The van der Waals surface area contributed by atoms with Gasteiger partial charge in [-0.3, -0.25) is 0 Å². The Balaban J connectivity index is 5.36. The maximum Gasteiger partial charge on any atom is 0.219 e. The zero-order valence-electron chi connectivity index (χ0n) is 12.1. The van der Waals surface area contributed by atoms with Crippen molar-refractivity contribution in [2.24, 2.45) is 5.41 Å². The van der Waals surface area contributed by atoms with Crippen LogP contribution in [0.2, 0.25) is 0 Å². The molecule has 104 valence electrons. The van der Waals surface area contributed by atoms with Crippen molar-refractivity contribution in [1.82, 2.24) is 4.31 Å². The molecular formula is C12H27NO3S. The van der Waals surface area contributed by atoms with E-state index in [9.17, 15) is 13.5 Å². The lowest BCUT2D eigenvalue weighted by Gasteiger charge is -2.40. The molecule has 0 aromatic carbocycles. The third-order valence-electron chi connectivity index (χ3n) is 3.58. The first-order valence-electron chi connectivity index (χ1n) is 6.00. The molecule has 0 rings (SSSR count). The molecule has 0 aliphatic heterocycles. The van der Waals surface area contributed by atoms with E-state index in [0.29, 0.717) is 0 Å². The zero-order chi connectivity index (χ0) is 14.1. The Labute approximate surface area is 106 Å². The first kappa shape index (κ1) is 16.9. The van der Waals surface area contributed by atoms with Gasteiger partial charge in [0.1, 0.15) is 0 Å². The summed E-state index contributed by atoms with van der Waals surface area (Å²) in [4.78, 5) is 0. The van der Waals surface area contributed by atoms with Crippen LogP contribution in [0.15, 0.2) is 0 Å². The van der Waals surface area contributed by atoms with E-state index in [-0.39, 0.29) is 12.0 Å². The first-order chi connectivity index (χ1) is 7.41. The van der Waals surface area contributed by atoms with Crippen LogP contribution in [0.25, 0.3) is 0 Å². The minimum absolute atomic E-state index is 0.160. The Morgan fingerprint density at radius 3 is 1.82 bits per heavy atom. The summed E-state index contributed by atoms with van der Waals surface area (Å²) in [7, 11) is -1.85. The molecule has 0 saturated carbocycles. The van der Waals surface area contributed by atoms with Gasteiger partial charge in [0.15, 0.2) is 0 Å². The van der Waals surface area contributed by atoms with Crippen molar-refractivity contribution in [2.75, 3.05) is 13.7 Å². The van der Waals surface area contributed by atoms with E-state index in [4.69, 9.17) is 0 Å². The van der Waals surface area contributed by atoms with E-state index in [1.54, 1.807) is 27.8 Å². The highest BCUT2D eigenvalue weighted by Crippen LogP contribution is 2.32. The van der Waals surface area contributed by atoms with Crippen LogP contribution < -0.4 is 0 Å². The lowest BCUT2D eigenvalue weighted by atomic mass is 9.82. The van der Waals surface area contributed by atoms with Gasteiger partial charge in [-0.15, -0.1) is 0 Å². The zero-order valence-corrected chi connectivity index (χ0v) is 12.9. The molecule has 0 aliphatic carbocycles. The molecule has 0 amide bonds. The van der Waals surface area contributed by atoms with Gasteiger partial charge in [-0.25, -0.2) is 8.42 Å². The Morgan fingerprint density at radius 1 is 1.18 bits per heavy atom. The topological polar surface area (TPSA) is 57.6 Å². The van der Waals surface area contributed by atoms with Gasteiger partial charge in [-0.1, -0.05) is 20.8 Å². The van der Waals surface area contributed by atoms with E-state index in [1.165, 1.54) is 4.31 Å². The van der Waals surface area contributed by atoms with Crippen LogP contribution in [0.4, 0.5) is 0 Å². The number of nitrogens with zero attached hydrogens (tertiary/aromatic N) is 1. The number of rotatable bonds is 5. The van der Waals surface area contributed by atoms with Crippen molar-refractivity contribution in [1.29, 1.82) is 0 Å². The summed E-state index contributed by atoms with van der Waals surface area (Å²) in [6.07, 6.45) is 0.808.